The van der Waals surface area contributed by atoms with E-state index in [1.807, 2.05) is 0 Å². The molecule has 2 heterocycles. The third-order valence-corrected chi connectivity index (χ3v) is 5.26. The van der Waals surface area contributed by atoms with Crippen LogP contribution >= 0.6 is 0 Å². The largest absolute Gasteiger partial charge is 0.317 e. The molecule has 0 aromatic heterocycles. The minimum atomic E-state index is -3.26. The van der Waals surface area contributed by atoms with E-state index < -0.39 is 10.2 Å². The van der Waals surface area contributed by atoms with Crippen molar-refractivity contribution in [2.75, 3.05) is 26.2 Å². The maximum Gasteiger partial charge on any atom is 0.279 e. The molecule has 6 heteroatoms. The van der Waals surface area contributed by atoms with Crippen LogP contribution in [-0.4, -0.2) is 44.9 Å². The lowest BCUT2D eigenvalue weighted by Crippen LogP contribution is -2.51. The molecule has 2 aliphatic rings. The molecule has 0 aromatic rings. The SMILES string of the molecule is C[C@@H]1CCCN(S(=O)(=O)NC2CCNCC2)C1. The number of rotatable bonds is 3. The highest BCUT2D eigenvalue weighted by atomic mass is 32.2. The first-order valence-corrected chi connectivity index (χ1v) is 8.00. The molecule has 17 heavy (non-hydrogen) atoms. The van der Waals surface area contributed by atoms with E-state index in [-0.39, 0.29) is 6.04 Å². The fourth-order valence-electron chi connectivity index (χ4n) is 2.59. The monoisotopic (exact) mass is 261 g/mol. The molecule has 100 valence electrons. The Hall–Kier alpha value is -0.170. The van der Waals surface area contributed by atoms with E-state index in [9.17, 15) is 8.42 Å². The highest BCUT2D eigenvalue weighted by molar-refractivity contribution is 7.87. The maximum atomic E-state index is 12.2. The number of nitrogens with zero attached hydrogens (tertiary/aromatic N) is 1. The fourth-order valence-corrected chi connectivity index (χ4v) is 4.22. The number of piperidine rings is 2. The van der Waals surface area contributed by atoms with Crippen LogP contribution in [0.5, 0.6) is 0 Å². The molecule has 5 nitrogen and oxygen atoms in total. The summed E-state index contributed by atoms with van der Waals surface area (Å²) in [5.74, 6) is 0.480. The second-order valence-corrected chi connectivity index (χ2v) is 6.95. The molecule has 2 fully saturated rings. The normalized spacial score (nSPS) is 29.4. The topological polar surface area (TPSA) is 61.4 Å². The van der Waals surface area contributed by atoms with Gasteiger partial charge in [-0.3, -0.25) is 0 Å². The van der Waals surface area contributed by atoms with Crippen LogP contribution in [0.3, 0.4) is 0 Å². The summed E-state index contributed by atoms with van der Waals surface area (Å²) in [4.78, 5) is 0. The van der Waals surface area contributed by atoms with Crippen LogP contribution in [0.4, 0.5) is 0 Å². The van der Waals surface area contributed by atoms with Gasteiger partial charge in [-0.2, -0.15) is 17.4 Å². The predicted molar refractivity (Wildman–Crippen MR) is 67.9 cm³/mol. The summed E-state index contributed by atoms with van der Waals surface area (Å²) in [6, 6.07) is 0.110. The molecule has 2 rings (SSSR count). The third-order valence-electron chi connectivity index (χ3n) is 3.61. The molecule has 2 saturated heterocycles. The number of nitrogens with one attached hydrogen (secondary N) is 2. The van der Waals surface area contributed by atoms with Gasteiger partial charge in [0.25, 0.3) is 10.2 Å². The lowest BCUT2D eigenvalue weighted by atomic mass is 10.0. The molecular formula is C11H23N3O2S. The van der Waals surface area contributed by atoms with Gasteiger partial charge in [-0.05, 0) is 44.7 Å². The van der Waals surface area contributed by atoms with Crippen molar-refractivity contribution >= 4 is 10.2 Å². The van der Waals surface area contributed by atoms with Crippen molar-refractivity contribution in [3.8, 4) is 0 Å². The fraction of sp³-hybridized carbons (Fsp3) is 1.00. The van der Waals surface area contributed by atoms with Gasteiger partial charge in [-0.25, -0.2) is 0 Å². The van der Waals surface area contributed by atoms with Crippen molar-refractivity contribution in [1.82, 2.24) is 14.3 Å². The van der Waals surface area contributed by atoms with E-state index in [4.69, 9.17) is 0 Å². The Kier molecular flexibility index (Phi) is 4.41. The van der Waals surface area contributed by atoms with Crippen molar-refractivity contribution in [1.29, 1.82) is 0 Å². The lowest BCUT2D eigenvalue weighted by molar-refractivity contribution is 0.274. The quantitative estimate of drug-likeness (QED) is 0.768. The first-order valence-electron chi connectivity index (χ1n) is 6.56. The van der Waals surface area contributed by atoms with Crippen LogP contribution in [0.2, 0.25) is 0 Å². The maximum absolute atomic E-state index is 12.2. The van der Waals surface area contributed by atoms with E-state index in [1.165, 1.54) is 0 Å². The summed E-state index contributed by atoms with van der Waals surface area (Å²) in [5, 5.41) is 3.24. The van der Waals surface area contributed by atoms with Gasteiger partial charge in [0, 0.05) is 19.1 Å². The summed E-state index contributed by atoms with van der Waals surface area (Å²) in [6.07, 6.45) is 3.90. The van der Waals surface area contributed by atoms with E-state index in [0.717, 1.165) is 38.8 Å². The second-order valence-electron chi connectivity index (χ2n) is 5.25. The van der Waals surface area contributed by atoms with Gasteiger partial charge >= 0.3 is 0 Å². The molecule has 0 amide bonds. The molecule has 0 bridgehead atoms. The van der Waals surface area contributed by atoms with Crippen LogP contribution in [0.25, 0.3) is 0 Å². The van der Waals surface area contributed by atoms with Gasteiger partial charge in [0.2, 0.25) is 0 Å². The summed E-state index contributed by atoms with van der Waals surface area (Å²) in [6.45, 7) is 5.27. The Labute approximate surface area is 104 Å². The Morgan fingerprint density at radius 2 is 1.94 bits per heavy atom. The molecule has 0 aliphatic carbocycles. The average Bonchev–Trinajstić information content (AvgIpc) is 2.30. The Morgan fingerprint density at radius 1 is 1.24 bits per heavy atom. The predicted octanol–water partition coefficient (Wildman–Crippen LogP) is 0.305. The van der Waals surface area contributed by atoms with E-state index in [1.54, 1.807) is 4.31 Å². The molecule has 0 radical (unpaired) electrons. The summed E-state index contributed by atoms with van der Waals surface area (Å²) < 4.78 is 28.8. The lowest BCUT2D eigenvalue weighted by Gasteiger charge is -2.32. The first-order chi connectivity index (χ1) is 8.08. The van der Waals surface area contributed by atoms with Crippen molar-refractivity contribution in [2.45, 2.75) is 38.6 Å². The molecule has 2 N–H and O–H groups in total. The molecule has 0 saturated carbocycles. The van der Waals surface area contributed by atoms with Crippen molar-refractivity contribution in [2.24, 2.45) is 5.92 Å². The molecule has 0 spiro atoms. The summed E-state index contributed by atoms with van der Waals surface area (Å²) >= 11 is 0. The molecule has 1 atom stereocenters. The molecular weight excluding hydrogens is 238 g/mol. The van der Waals surface area contributed by atoms with E-state index in [0.29, 0.717) is 19.0 Å². The van der Waals surface area contributed by atoms with Crippen molar-refractivity contribution in [3.63, 3.8) is 0 Å². The zero-order valence-electron chi connectivity index (χ0n) is 10.5. The number of hydrogen-bond acceptors (Lipinski definition) is 3. The average molecular weight is 261 g/mol. The molecule has 2 aliphatic heterocycles. The van der Waals surface area contributed by atoms with Gasteiger partial charge in [0.15, 0.2) is 0 Å². The minimum Gasteiger partial charge on any atom is -0.317 e. The van der Waals surface area contributed by atoms with Crippen LogP contribution in [0, 0.1) is 5.92 Å². The molecule has 0 aromatic carbocycles. The van der Waals surface area contributed by atoms with Crippen LogP contribution < -0.4 is 10.0 Å². The Balaban J connectivity index is 1.92. The smallest absolute Gasteiger partial charge is 0.279 e. The van der Waals surface area contributed by atoms with Crippen molar-refractivity contribution in [3.05, 3.63) is 0 Å². The minimum absolute atomic E-state index is 0.110. The van der Waals surface area contributed by atoms with Gasteiger partial charge < -0.3 is 5.32 Å². The van der Waals surface area contributed by atoms with Crippen molar-refractivity contribution < 1.29 is 8.42 Å². The molecule has 0 unspecified atom stereocenters. The van der Waals surface area contributed by atoms with Gasteiger partial charge in [0.1, 0.15) is 0 Å². The zero-order chi connectivity index (χ0) is 12.3. The highest BCUT2D eigenvalue weighted by Crippen LogP contribution is 2.18. The standard InChI is InChI=1S/C11H23N3O2S/c1-10-3-2-8-14(9-10)17(15,16)13-11-4-6-12-7-5-11/h10-13H,2-9H2,1H3/t10-/m1/s1. The summed E-state index contributed by atoms with van der Waals surface area (Å²) in [5.41, 5.74) is 0. The van der Waals surface area contributed by atoms with Crippen LogP contribution in [0.1, 0.15) is 32.6 Å². The van der Waals surface area contributed by atoms with Gasteiger partial charge in [0.05, 0.1) is 0 Å². The summed E-state index contributed by atoms with van der Waals surface area (Å²) in [7, 11) is -3.26. The number of hydrogen-bond donors (Lipinski definition) is 2. The zero-order valence-corrected chi connectivity index (χ0v) is 11.3. The Bertz CT molecular complexity index is 339. The van der Waals surface area contributed by atoms with Gasteiger partial charge in [-0.1, -0.05) is 6.92 Å². The highest BCUT2D eigenvalue weighted by Gasteiger charge is 2.29. The van der Waals surface area contributed by atoms with E-state index >= 15 is 0 Å². The van der Waals surface area contributed by atoms with Gasteiger partial charge in [-0.15, -0.1) is 0 Å². The first kappa shape index (κ1) is 13.3. The second kappa shape index (κ2) is 5.65. The third kappa shape index (κ3) is 3.64. The van der Waals surface area contributed by atoms with E-state index in [2.05, 4.69) is 17.0 Å². The Morgan fingerprint density at radius 3 is 2.59 bits per heavy atom. The van der Waals surface area contributed by atoms with Crippen LogP contribution in [-0.2, 0) is 10.2 Å². The van der Waals surface area contributed by atoms with Crippen LogP contribution in [0.15, 0.2) is 0 Å².